The maximum Gasteiger partial charge on any atom is 0.0677 e. The van der Waals surface area contributed by atoms with Crippen molar-refractivity contribution in [1.82, 2.24) is 9.88 Å². The Labute approximate surface area is 97.7 Å². The summed E-state index contributed by atoms with van der Waals surface area (Å²) in [7, 11) is 0. The van der Waals surface area contributed by atoms with Gasteiger partial charge in [-0.05, 0) is 44.9 Å². The predicted octanol–water partition coefficient (Wildman–Crippen LogP) is 3.02. The van der Waals surface area contributed by atoms with Crippen molar-refractivity contribution in [2.24, 2.45) is 0 Å². The van der Waals surface area contributed by atoms with E-state index < -0.39 is 0 Å². The molecule has 1 N–H and O–H groups in total. The van der Waals surface area contributed by atoms with Crippen molar-refractivity contribution < 1.29 is 0 Å². The normalized spacial score (nSPS) is 17.8. The molecule has 2 heterocycles. The Bertz CT molecular complexity index is 475. The van der Waals surface area contributed by atoms with Gasteiger partial charge in [0.1, 0.15) is 0 Å². The highest BCUT2D eigenvalue weighted by Gasteiger charge is 2.19. The summed E-state index contributed by atoms with van der Waals surface area (Å²) in [4.78, 5) is 0. The Morgan fingerprint density at radius 2 is 2.06 bits per heavy atom. The van der Waals surface area contributed by atoms with Crippen LogP contribution in [0.15, 0.2) is 23.8 Å². The zero-order valence-corrected chi connectivity index (χ0v) is 10.6. The largest absolute Gasteiger partial charge is 0.381 e. The van der Waals surface area contributed by atoms with E-state index in [1.165, 1.54) is 28.2 Å². The molecule has 0 aliphatic carbocycles. The molecule has 0 aromatic carbocycles. The third kappa shape index (κ3) is 1.58. The molecule has 16 heavy (non-hydrogen) atoms. The first-order chi connectivity index (χ1) is 7.52. The summed E-state index contributed by atoms with van der Waals surface area (Å²) in [5.41, 5.74) is 7.69. The molecule has 0 spiro atoms. The average Bonchev–Trinajstić information content (AvgIpc) is 2.54. The lowest BCUT2D eigenvalue weighted by Gasteiger charge is -2.25. The number of hydrogen-bond acceptors (Lipinski definition) is 1. The number of nitrogens with zero attached hydrogens (tertiary/aromatic N) is 1. The van der Waals surface area contributed by atoms with Crippen molar-refractivity contribution in [2.45, 2.75) is 34.2 Å². The van der Waals surface area contributed by atoms with Gasteiger partial charge in [0.25, 0.3) is 0 Å². The molecule has 2 nitrogen and oxygen atoms in total. The lowest BCUT2D eigenvalue weighted by molar-refractivity contribution is 0.610. The topological polar surface area (TPSA) is 17.0 Å². The summed E-state index contributed by atoms with van der Waals surface area (Å²) >= 11 is 0. The molecule has 0 saturated carbocycles. The zero-order valence-electron chi connectivity index (χ0n) is 10.6. The summed E-state index contributed by atoms with van der Waals surface area (Å²) in [5, 5.41) is 3.51. The second-order valence-electron chi connectivity index (χ2n) is 4.68. The van der Waals surface area contributed by atoms with E-state index in [1.54, 1.807) is 0 Å². The minimum atomic E-state index is 1.00. The number of aryl methyl sites for hydroxylation is 2. The molecule has 1 aliphatic rings. The molecule has 0 amide bonds. The van der Waals surface area contributed by atoms with Crippen LogP contribution in [0.4, 0.5) is 0 Å². The molecular formula is C14H20N2. The fourth-order valence-electron chi connectivity index (χ4n) is 2.37. The van der Waals surface area contributed by atoms with E-state index in [9.17, 15) is 0 Å². The van der Waals surface area contributed by atoms with Crippen LogP contribution in [0.25, 0.3) is 5.70 Å². The molecule has 1 aromatic rings. The minimum absolute atomic E-state index is 1.00. The fraction of sp³-hybridized carbons (Fsp3) is 0.429. The standard InChI is InChI=1S/C14H20N2/c1-9(2)12(5)13-14-10(3)8-11(4)16(14)7-6-15-13/h8,15H,1,6-7H2,2-5H3/b13-12+. The molecule has 0 saturated heterocycles. The number of hydrogen-bond donors (Lipinski definition) is 1. The van der Waals surface area contributed by atoms with E-state index in [2.05, 4.69) is 50.2 Å². The Morgan fingerprint density at radius 1 is 1.38 bits per heavy atom. The van der Waals surface area contributed by atoms with Crippen LogP contribution in [-0.2, 0) is 6.54 Å². The van der Waals surface area contributed by atoms with E-state index in [1.807, 2.05) is 0 Å². The smallest absolute Gasteiger partial charge is 0.0677 e. The van der Waals surface area contributed by atoms with Gasteiger partial charge in [0.2, 0.25) is 0 Å². The predicted molar refractivity (Wildman–Crippen MR) is 69.3 cm³/mol. The maximum absolute atomic E-state index is 4.03. The van der Waals surface area contributed by atoms with Gasteiger partial charge in [0.15, 0.2) is 0 Å². The molecule has 86 valence electrons. The lowest BCUT2D eigenvalue weighted by Crippen LogP contribution is -2.28. The van der Waals surface area contributed by atoms with Crippen LogP contribution in [0.3, 0.4) is 0 Å². The number of fused-ring (bicyclic) bond motifs is 1. The summed E-state index contributed by atoms with van der Waals surface area (Å²) < 4.78 is 2.40. The van der Waals surface area contributed by atoms with Gasteiger partial charge in [0, 0.05) is 18.8 Å². The number of aromatic nitrogens is 1. The molecule has 1 aliphatic heterocycles. The van der Waals surface area contributed by atoms with E-state index in [0.717, 1.165) is 18.7 Å². The van der Waals surface area contributed by atoms with Crippen LogP contribution >= 0.6 is 0 Å². The van der Waals surface area contributed by atoms with E-state index in [-0.39, 0.29) is 0 Å². The van der Waals surface area contributed by atoms with Gasteiger partial charge in [0.05, 0.1) is 11.4 Å². The van der Waals surface area contributed by atoms with E-state index >= 15 is 0 Å². The summed E-state index contributed by atoms with van der Waals surface area (Å²) in [6, 6.07) is 2.26. The zero-order chi connectivity index (χ0) is 11.9. The van der Waals surface area contributed by atoms with E-state index in [0.29, 0.717) is 0 Å². The molecule has 0 atom stereocenters. The van der Waals surface area contributed by atoms with Crippen LogP contribution in [0.2, 0.25) is 0 Å². The van der Waals surface area contributed by atoms with Gasteiger partial charge in [-0.3, -0.25) is 0 Å². The van der Waals surface area contributed by atoms with Crippen molar-refractivity contribution in [3.63, 3.8) is 0 Å². The maximum atomic E-state index is 4.03. The summed E-state index contributed by atoms with van der Waals surface area (Å²) in [6.07, 6.45) is 0. The highest BCUT2D eigenvalue weighted by Crippen LogP contribution is 2.28. The van der Waals surface area contributed by atoms with Crippen LogP contribution in [0.1, 0.15) is 30.8 Å². The van der Waals surface area contributed by atoms with Crippen LogP contribution in [0.5, 0.6) is 0 Å². The quantitative estimate of drug-likeness (QED) is 0.763. The molecule has 0 fully saturated rings. The summed E-state index contributed by atoms with van der Waals surface area (Å²) in [5.74, 6) is 0. The van der Waals surface area contributed by atoms with Crippen molar-refractivity contribution in [1.29, 1.82) is 0 Å². The lowest BCUT2D eigenvalue weighted by atomic mass is 10.0. The first-order valence-electron chi connectivity index (χ1n) is 5.80. The molecule has 0 radical (unpaired) electrons. The highest BCUT2D eigenvalue weighted by atomic mass is 15.1. The summed E-state index contributed by atoms with van der Waals surface area (Å²) in [6.45, 7) is 14.7. The first kappa shape index (κ1) is 11.1. The van der Waals surface area contributed by atoms with Gasteiger partial charge in [-0.1, -0.05) is 12.2 Å². The molecule has 0 bridgehead atoms. The van der Waals surface area contributed by atoms with Gasteiger partial charge < -0.3 is 9.88 Å². The van der Waals surface area contributed by atoms with Crippen LogP contribution < -0.4 is 5.32 Å². The van der Waals surface area contributed by atoms with E-state index in [4.69, 9.17) is 0 Å². The fourth-order valence-corrected chi connectivity index (χ4v) is 2.37. The van der Waals surface area contributed by atoms with Crippen molar-refractivity contribution >= 4 is 5.70 Å². The monoisotopic (exact) mass is 216 g/mol. The Kier molecular flexibility index (Phi) is 2.66. The Morgan fingerprint density at radius 3 is 2.69 bits per heavy atom. The molecule has 0 unspecified atom stereocenters. The Hall–Kier alpha value is -1.44. The van der Waals surface area contributed by atoms with Gasteiger partial charge in [-0.15, -0.1) is 0 Å². The molecular weight excluding hydrogens is 196 g/mol. The SMILES string of the molecule is C=C(C)/C(C)=C1/NCCn2c(C)cc(C)c21. The molecule has 1 aromatic heterocycles. The van der Waals surface area contributed by atoms with Crippen molar-refractivity contribution in [3.05, 3.63) is 40.7 Å². The van der Waals surface area contributed by atoms with Gasteiger partial charge in [-0.2, -0.15) is 0 Å². The Balaban J connectivity index is 2.65. The third-order valence-corrected chi connectivity index (χ3v) is 3.38. The van der Waals surface area contributed by atoms with Gasteiger partial charge >= 0.3 is 0 Å². The van der Waals surface area contributed by atoms with Crippen molar-refractivity contribution in [2.75, 3.05) is 6.54 Å². The number of allylic oxidation sites excluding steroid dienone is 2. The highest BCUT2D eigenvalue weighted by molar-refractivity contribution is 5.71. The van der Waals surface area contributed by atoms with Crippen molar-refractivity contribution in [3.8, 4) is 0 Å². The van der Waals surface area contributed by atoms with Crippen LogP contribution in [-0.4, -0.2) is 11.1 Å². The number of rotatable bonds is 1. The third-order valence-electron chi connectivity index (χ3n) is 3.38. The molecule has 2 heteroatoms. The molecule has 2 rings (SSSR count). The average molecular weight is 216 g/mol. The number of nitrogens with one attached hydrogen (secondary N) is 1. The second kappa shape index (κ2) is 3.85. The second-order valence-corrected chi connectivity index (χ2v) is 4.68. The minimum Gasteiger partial charge on any atom is -0.381 e. The van der Waals surface area contributed by atoms with Crippen LogP contribution in [0, 0.1) is 13.8 Å². The first-order valence-corrected chi connectivity index (χ1v) is 5.80. The van der Waals surface area contributed by atoms with Gasteiger partial charge in [-0.25, -0.2) is 0 Å².